The largest absolute Gasteiger partial charge is 0.368 e. The van der Waals surface area contributed by atoms with Crippen LogP contribution in [0.2, 0.25) is 0 Å². The lowest BCUT2D eigenvalue weighted by atomic mass is 9.88. The number of aromatic nitrogens is 2. The highest BCUT2D eigenvalue weighted by Crippen LogP contribution is 2.40. The van der Waals surface area contributed by atoms with Crippen LogP contribution >= 0.6 is 0 Å². The molecule has 1 radical (unpaired) electrons. The molecule has 2 aromatic rings. The number of imidazole rings is 1. The second-order valence-corrected chi connectivity index (χ2v) is 9.47. The zero-order valence-electron chi connectivity index (χ0n) is 16.5. The molecule has 0 spiro atoms. The summed E-state index contributed by atoms with van der Waals surface area (Å²) in [6.07, 6.45) is 6.69. The summed E-state index contributed by atoms with van der Waals surface area (Å²) in [7, 11) is 0.119. The lowest BCUT2D eigenvalue weighted by Crippen LogP contribution is -2.59. The van der Waals surface area contributed by atoms with Crippen molar-refractivity contribution in [1.29, 1.82) is 0 Å². The van der Waals surface area contributed by atoms with Crippen molar-refractivity contribution in [1.82, 2.24) is 18.8 Å². The standard InChI is InChI=1S/C19H25N6O3S/c1-22(2)13-17-21-10-12-23(17)15-5-7-16(8-6-15)24-14-19(18(20)26)9-3-4-11-25(19)29(24,27)28/h5-10,12H,3-4,11,13-14H2,1-2H3,(H2,20,26)/t19-/m1/s1. The molecule has 0 unspecified atom stereocenters. The Labute approximate surface area is 170 Å². The van der Waals surface area contributed by atoms with Gasteiger partial charge in [0.15, 0.2) is 0 Å². The summed E-state index contributed by atoms with van der Waals surface area (Å²) < 4.78 is 30.7. The molecule has 155 valence electrons. The first kappa shape index (κ1) is 19.9. The van der Waals surface area contributed by atoms with Crippen molar-refractivity contribution in [3.05, 3.63) is 48.9 Å². The molecule has 3 heterocycles. The molecule has 2 N–H and O–H groups in total. The third-order valence-corrected chi connectivity index (χ3v) is 7.41. The van der Waals surface area contributed by atoms with Crippen molar-refractivity contribution < 1.29 is 13.2 Å². The zero-order chi connectivity index (χ0) is 20.8. The van der Waals surface area contributed by atoms with Crippen molar-refractivity contribution in [3.8, 4) is 5.69 Å². The van der Waals surface area contributed by atoms with Crippen LogP contribution in [0.3, 0.4) is 0 Å². The normalized spacial score (nSPS) is 24.0. The lowest BCUT2D eigenvalue weighted by molar-refractivity contribution is -0.125. The number of rotatable bonds is 5. The fraction of sp³-hybridized carbons (Fsp3) is 0.421. The molecule has 10 heteroatoms. The lowest BCUT2D eigenvalue weighted by Gasteiger charge is -2.35. The van der Waals surface area contributed by atoms with E-state index in [1.165, 1.54) is 8.61 Å². The topological polar surface area (TPSA) is 105 Å². The fourth-order valence-electron chi connectivity index (χ4n) is 4.04. The number of primary amides is 1. The van der Waals surface area contributed by atoms with Crippen LogP contribution in [0.5, 0.6) is 0 Å². The number of benzene rings is 1. The summed E-state index contributed by atoms with van der Waals surface area (Å²) in [6, 6.07) is 7.20. The van der Waals surface area contributed by atoms with E-state index in [2.05, 4.69) is 4.98 Å². The van der Waals surface area contributed by atoms with Gasteiger partial charge in [-0.25, -0.2) is 4.98 Å². The van der Waals surface area contributed by atoms with E-state index >= 15 is 0 Å². The Bertz CT molecular complexity index is 1020. The zero-order valence-corrected chi connectivity index (χ0v) is 17.3. The third kappa shape index (κ3) is 3.21. The maximum Gasteiger partial charge on any atom is 0.305 e. The minimum atomic E-state index is -3.83. The first-order chi connectivity index (χ1) is 13.8. The Morgan fingerprint density at radius 2 is 1.93 bits per heavy atom. The predicted octanol–water partition coefficient (Wildman–Crippen LogP) is 0.523. The van der Waals surface area contributed by atoms with Gasteiger partial charge in [0.05, 0.1) is 18.8 Å². The van der Waals surface area contributed by atoms with Gasteiger partial charge in [0, 0.05) is 24.6 Å². The Balaban J connectivity index is 1.66. The molecule has 1 aromatic heterocycles. The van der Waals surface area contributed by atoms with Gasteiger partial charge in [-0.1, -0.05) is 0 Å². The number of amides is 1. The minimum Gasteiger partial charge on any atom is -0.368 e. The average Bonchev–Trinajstić information content (AvgIpc) is 3.22. The van der Waals surface area contributed by atoms with Crippen LogP contribution in [0.1, 0.15) is 18.7 Å². The molecule has 2 saturated heterocycles. The molecule has 2 fully saturated rings. The van der Waals surface area contributed by atoms with Gasteiger partial charge in [0.25, 0.3) is 0 Å². The van der Waals surface area contributed by atoms with Gasteiger partial charge in [-0.2, -0.15) is 12.7 Å². The molecule has 1 aromatic carbocycles. The second kappa shape index (κ2) is 7.12. The van der Waals surface area contributed by atoms with E-state index in [0.29, 0.717) is 31.6 Å². The molecule has 29 heavy (non-hydrogen) atoms. The van der Waals surface area contributed by atoms with Crippen LogP contribution in [0.15, 0.2) is 36.7 Å². The van der Waals surface area contributed by atoms with Gasteiger partial charge >= 0.3 is 10.2 Å². The Kier molecular flexibility index (Phi) is 4.88. The minimum absolute atomic E-state index is 0.000960. The van der Waals surface area contributed by atoms with E-state index in [1.54, 1.807) is 24.8 Å². The number of hydrogen-bond donors (Lipinski definition) is 1. The number of hydrogen-bond acceptors (Lipinski definition) is 5. The van der Waals surface area contributed by atoms with Crippen molar-refractivity contribution >= 4 is 21.8 Å². The van der Waals surface area contributed by atoms with E-state index in [4.69, 9.17) is 5.73 Å². The highest BCUT2D eigenvalue weighted by Gasteiger charge is 2.59. The van der Waals surface area contributed by atoms with Crippen molar-refractivity contribution in [2.24, 2.45) is 5.73 Å². The second-order valence-electron chi connectivity index (χ2n) is 7.69. The van der Waals surface area contributed by atoms with Crippen LogP contribution in [-0.4, -0.2) is 65.8 Å². The van der Waals surface area contributed by atoms with Crippen LogP contribution in [0.4, 0.5) is 5.69 Å². The number of carbonyl (C=O) groups is 1. The first-order valence-corrected chi connectivity index (χ1v) is 10.9. The highest BCUT2D eigenvalue weighted by molar-refractivity contribution is 7.90. The Morgan fingerprint density at radius 3 is 2.55 bits per heavy atom. The van der Waals surface area contributed by atoms with Crippen LogP contribution in [-0.2, 0) is 21.5 Å². The summed E-state index contributed by atoms with van der Waals surface area (Å²) in [5.41, 5.74) is 5.74. The summed E-state index contributed by atoms with van der Waals surface area (Å²) >= 11 is 0. The molecule has 0 saturated carbocycles. The number of carbonyl (C=O) groups excluding carboxylic acids is 1. The van der Waals surface area contributed by atoms with E-state index in [0.717, 1.165) is 11.5 Å². The molecular weight excluding hydrogens is 392 g/mol. The van der Waals surface area contributed by atoms with Crippen molar-refractivity contribution in [3.63, 3.8) is 0 Å². The maximum absolute atomic E-state index is 13.1. The van der Waals surface area contributed by atoms with Gasteiger partial charge in [-0.05, 0) is 57.6 Å². The molecule has 1 amide bonds. The van der Waals surface area contributed by atoms with Crippen molar-refractivity contribution in [2.75, 3.05) is 31.5 Å². The third-order valence-electron chi connectivity index (χ3n) is 5.45. The smallest absolute Gasteiger partial charge is 0.305 e. The average molecular weight is 418 g/mol. The number of nitrogens with zero attached hydrogens (tertiary/aromatic N) is 5. The van der Waals surface area contributed by atoms with Gasteiger partial charge in [-0.15, -0.1) is 0 Å². The maximum atomic E-state index is 13.1. The fourth-order valence-corrected chi connectivity index (χ4v) is 6.02. The highest BCUT2D eigenvalue weighted by atomic mass is 32.2. The van der Waals surface area contributed by atoms with Crippen molar-refractivity contribution in [2.45, 2.75) is 24.9 Å². The van der Waals surface area contributed by atoms with E-state index in [9.17, 15) is 13.2 Å². The van der Waals surface area contributed by atoms with Gasteiger partial charge in [-0.3, -0.25) is 9.10 Å². The summed E-state index contributed by atoms with van der Waals surface area (Å²) in [5.74, 6) is 0.252. The molecule has 2 aliphatic rings. The SMILES string of the molecule is CN(C)Cc1nccn1-c1ccc(N2C[C@@]3(C(N)=O)[CH]CCCN3S2(=O)=O)cc1. The summed E-state index contributed by atoms with van der Waals surface area (Å²) in [4.78, 5) is 18.6. The van der Waals surface area contributed by atoms with Gasteiger partial charge in [0.1, 0.15) is 11.4 Å². The summed E-state index contributed by atoms with van der Waals surface area (Å²) in [6.45, 7) is 0.974. The van der Waals surface area contributed by atoms with Crippen LogP contribution in [0, 0.1) is 6.42 Å². The molecule has 1 atom stereocenters. The van der Waals surface area contributed by atoms with Gasteiger partial charge in [0.2, 0.25) is 5.91 Å². The molecule has 0 bridgehead atoms. The quantitative estimate of drug-likeness (QED) is 0.764. The Hall–Kier alpha value is -2.43. The van der Waals surface area contributed by atoms with E-state index in [1.807, 2.05) is 41.9 Å². The first-order valence-electron chi connectivity index (χ1n) is 9.48. The number of piperidine rings is 1. The van der Waals surface area contributed by atoms with Gasteiger partial charge < -0.3 is 15.2 Å². The summed E-state index contributed by atoms with van der Waals surface area (Å²) in [5, 5.41) is 0. The number of anilines is 1. The predicted molar refractivity (Wildman–Crippen MR) is 109 cm³/mol. The molecule has 0 aliphatic carbocycles. The van der Waals surface area contributed by atoms with E-state index in [-0.39, 0.29) is 6.54 Å². The van der Waals surface area contributed by atoms with E-state index < -0.39 is 21.7 Å². The molecule has 9 nitrogen and oxygen atoms in total. The number of nitrogens with two attached hydrogens (primary N) is 1. The van der Waals surface area contributed by atoms with Crippen LogP contribution < -0.4 is 10.0 Å². The monoisotopic (exact) mass is 417 g/mol. The molecule has 2 aliphatic heterocycles. The molecule has 4 rings (SSSR count). The number of fused-ring (bicyclic) bond motifs is 1. The van der Waals surface area contributed by atoms with Crippen LogP contribution in [0.25, 0.3) is 5.69 Å². The Morgan fingerprint density at radius 1 is 1.24 bits per heavy atom. The molecular formula is C19H25N6O3S.